The first kappa shape index (κ1) is 21.4. The molecule has 2 aromatic rings. The van der Waals surface area contributed by atoms with E-state index in [1.165, 1.54) is 0 Å². The number of thiophene rings is 1. The van der Waals surface area contributed by atoms with Crippen LogP contribution in [0.25, 0.3) is 0 Å². The van der Waals surface area contributed by atoms with Gasteiger partial charge in [0.2, 0.25) is 0 Å². The van der Waals surface area contributed by atoms with Crippen LogP contribution in [0.1, 0.15) is 45.6 Å². The van der Waals surface area contributed by atoms with Gasteiger partial charge in [-0.05, 0) is 59.7 Å². The summed E-state index contributed by atoms with van der Waals surface area (Å²) in [7, 11) is -3.60. The van der Waals surface area contributed by atoms with E-state index < -0.39 is 15.9 Å². The number of rotatable bonds is 6. The fraction of sp³-hybridized carbons (Fsp3) is 0.381. The lowest BCUT2D eigenvalue weighted by Crippen LogP contribution is -2.26. The van der Waals surface area contributed by atoms with Crippen molar-refractivity contribution in [1.29, 1.82) is 0 Å². The summed E-state index contributed by atoms with van der Waals surface area (Å²) in [5, 5.41) is 18.0. The molecule has 8 heteroatoms. The molecule has 0 saturated carbocycles. The number of sulfonamides is 1. The van der Waals surface area contributed by atoms with Crippen molar-refractivity contribution in [2.24, 2.45) is 16.4 Å². The predicted molar refractivity (Wildman–Crippen MR) is 116 cm³/mol. The van der Waals surface area contributed by atoms with E-state index in [-0.39, 0.29) is 9.62 Å². The first-order chi connectivity index (χ1) is 13.6. The summed E-state index contributed by atoms with van der Waals surface area (Å²) in [6, 6.07) is 9.46. The molecule has 0 amide bonds. The molecule has 0 saturated heterocycles. The van der Waals surface area contributed by atoms with E-state index in [1.54, 1.807) is 41.8 Å². The minimum atomic E-state index is -3.60. The molecule has 1 aliphatic rings. The third-order valence-corrected chi connectivity index (χ3v) is 7.86. The van der Waals surface area contributed by atoms with Crippen molar-refractivity contribution < 1.29 is 13.5 Å². The van der Waals surface area contributed by atoms with Crippen LogP contribution in [0.4, 0.5) is 5.69 Å². The fourth-order valence-corrected chi connectivity index (χ4v) is 5.26. The summed E-state index contributed by atoms with van der Waals surface area (Å²) in [4.78, 5) is 0. The Morgan fingerprint density at radius 3 is 2.48 bits per heavy atom. The van der Waals surface area contributed by atoms with Crippen LogP contribution in [-0.2, 0) is 10.0 Å². The SMILES string of the molecule is CC(C)(C)[C@H]1CC=C(NN=C([O-])c2ccc(NS(=O)(=O)c3cccs3)cc2)CC1. The van der Waals surface area contributed by atoms with E-state index >= 15 is 0 Å². The number of nitrogens with one attached hydrogen (secondary N) is 2. The van der Waals surface area contributed by atoms with Gasteiger partial charge in [-0.1, -0.05) is 45.0 Å². The summed E-state index contributed by atoms with van der Waals surface area (Å²) in [5.74, 6) is 0.241. The third-order valence-electron chi connectivity index (χ3n) is 5.08. The minimum Gasteiger partial charge on any atom is -0.857 e. The molecule has 6 nitrogen and oxygen atoms in total. The molecular weight excluding hydrogens is 406 g/mol. The van der Waals surface area contributed by atoms with Crippen molar-refractivity contribution in [2.45, 2.75) is 44.2 Å². The van der Waals surface area contributed by atoms with Crippen molar-refractivity contribution >= 4 is 32.9 Å². The number of hydrogen-bond acceptors (Lipinski definition) is 6. The van der Waals surface area contributed by atoms with Gasteiger partial charge in [0.05, 0.1) is 0 Å². The van der Waals surface area contributed by atoms with Crippen LogP contribution in [0.15, 0.2) is 62.9 Å². The third kappa shape index (κ3) is 5.61. The summed E-state index contributed by atoms with van der Waals surface area (Å²) in [6.07, 6.45) is 5.06. The van der Waals surface area contributed by atoms with Crippen LogP contribution in [0, 0.1) is 11.3 Å². The summed E-state index contributed by atoms with van der Waals surface area (Å²) in [6.45, 7) is 6.76. The number of anilines is 1. The largest absolute Gasteiger partial charge is 0.857 e. The highest BCUT2D eigenvalue weighted by Gasteiger charge is 2.26. The van der Waals surface area contributed by atoms with E-state index in [1.807, 2.05) is 0 Å². The van der Waals surface area contributed by atoms with Gasteiger partial charge in [0.25, 0.3) is 10.0 Å². The monoisotopic (exact) mass is 432 g/mol. The molecule has 29 heavy (non-hydrogen) atoms. The molecule has 0 radical (unpaired) electrons. The average Bonchev–Trinajstić information content (AvgIpc) is 3.22. The van der Waals surface area contributed by atoms with Gasteiger partial charge < -0.3 is 5.11 Å². The van der Waals surface area contributed by atoms with Gasteiger partial charge in [0, 0.05) is 17.3 Å². The van der Waals surface area contributed by atoms with Crippen LogP contribution < -0.4 is 15.3 Å². The van der Waals surface area contributed by atoms with Gasteiger partial charge in [-0.15, -0.1) is 11.3 Å². The quantitative estimate of drug-likeness (QED) is 0.411. The molecule has 1 aromatic carbocycles. The second-order valence-corrected chi connectivity index (χ2v) is 11.1. The van der Waals surface area contributed by atoms with Gasteiger partial charge in [-0.25, -0.2) is 8.42 Å². The standard InChI is InChI=1S/C21H27N3O3S2/c1-21(2,3)16-8-12-17(13-9-16)22-23-20(25)15-6-10-18(11-7-15)24-29(26,27)19-5-4-14-28-19/h4-7,10-12,14,16,22,24H,8-9,13H2,1-3H3,(H,23,25)/p-1/t16-/m0/s1. The van der Waals surface area contributed by atoms with Gasteiger partial charge >= 0.3 is 0 Å². The highest BCUT2D eigenvalue weighted by molar-refractivity contribution is 7.94. The molecule has 0 fully saturated rings. The number of nitrogens with zero attached hydrogens (tertiary/aromatic N) is 1. The zero-order valence-electron chi connectivity index (χ0n) is 16.8. The highest BCUT2D eigenvalue weighted by Crippen LogP contribution is 2.36. The minimum absolute atomic E-state index is 0.242. The summed E-state index contributed by atoms with van der Waals surface area (Å²) >= 11 is 1.15. The molecule has 156 valence electrons. The molecule has 1 atom stereocenters. The predicted octanol–water partition coefficient (Wildman–Crippen LogP) is 3.89. The average molecular weight is 433 g/mol. The Morgan fingerprint density at radius 1 is 1.21 bits per heavy atom. The van der Waals surface area contributed by atoms with E-state index in [0.717, 1.165) is 36.3 Å². The molecule has 0 unspecified atom stereocenters. The molecule has 1 heterocycles. The second kappa shape index (κ2) is 8.59. The smallest absolute Gasteiger partial charge is 0.271 e. The topological polar surface area (TPSA) is 93.6 Å². The maximum Gasteiger partial charge on any atom is 0.271 e. The Kier molecular flexibility index (Phi) is 6.33. The highest BCUT2D eigenvalue weighted by atomic mass is 32.2. The molecular formula is C21H26N3O3S2-. The van der Waals surface area contributed by atoms with Crippen LogP contribution >= 0.6 is 11.3 Å². The number of hydrogen-bond donors (Lipinski definition) is 2. The Hall–Kier alpha value is -2.32. The van der Waals surface area contributed by atoms with E-state index in [2.05, 4.69) is 42.1 Å². The van der Waals surface area contributed by atoms with Gasteiger partial charge in [0.15, 0.2) is 0 Å². The summed E-state index contributed by atoms with van der Waals surface area (Å²) in [5.41, 5.74) is 4.92. The van der Waals surface area contributed by atoms with Crippen molar-refractivity contribution in [3.05, 3.63) is 59.1 Å². The van der Waals surface area contributed by atoms with Crippen molar-refractivity contribution in [1.82, 2.24) is 5.43 Å². The van der Waals surface area contributed by atoms with E-state index in [9.17, 15) is 13.5 Å². The molecule has 1 aromatic heterocycles. The van der Waals surface area contributed by atoms with E-state index in [4.69, 9.17) is 0 Å². The first-order valence-electron chi connectivity index (χ1n) is 9.52. The molecule has 0 spiro atoms. The lowest BCUT2D eigenvalue weighted by Gasteiger charge is -2.33. The maximum absolute atomic E-state index is 12.3. The molecule has 0 bridgehead atoms. The number of benzene rings is 1. The first-order valence-corrected chi connectivity index (χ1v) is 11.9. The lowest BCUT2D eigenvalue weighted by atomic mass is 9.74. The Bertz CT molecular complexity index is 987. The van der Waals surface area contributed by atoms with Crippen molar-refractivity contribution in [3.63, 3.8) is 0 Å². The Labute approximate surface area is 176 Å². The normalized spacial score (nSPS) is 18.2. The Morgan fingerprint density at radius 2 is 1.93 bits per heavy atom. The van der Waals surface area contributed by atoms with Crippen LogP contribution in [0.3, 0.4) is 0 Å². The molecule has 3 rings (SSSR count). The lowest BCUT2D eigenvalue weighted by molar-refractivity contribution is -0.213. The summed E-state index contributed by atoms with van der Waals surface area (Å²) < 4.78 is 27.2. The molecule has 2 N–H and O–H groups in total. The van der Waals surface area contributed by atoms with Gasteiger partial charge in [-0.3, -0.25) is 10.1 Å². The van der Waals surface area contributed by atoms with Gasteiger partial charge in [0.1, 0.15) is 4.21 Å². The van der Waals surface area contributed by atoms with Crippen molar-refractivity contribution in [2.75, 3.05) is 4.72 Å². The van der Waals surface area contributed by atoms with Crippen LogP contribution in [0.5, 0.6) is 0 Å². The molecule has 0 aliphatic heterocycles. The van der Waals surface area contributed by atoms with Gasteiger partial charge in [-0.2, -0.15) is 5.10 Å². The zero-order valence-corrected chi connectivity index (χ0v) is 18.4. The van der Waals surface area contributed by atoms with Crippen LogP contribution in [0.2, 0.25) is 0 Å². The zero-order chi connectivity index (χ0) is 21.1. The number of hydrazone groups is 1. The number of allylic oxidation sites excluding steroid dienone is 2. The van der Waals surface area contributed by atoms with Crippen LogP contribution in [-0.4, -0.2) is 14.3 Å². The maximum atomic E-state index is 12.3. The Balaban J connectivity index is 1.60. The van der Waals surface area contributed by atoms with E-state index in [0.29, 0.717) is 17.2 Å². The van der Waals surface area contributed by atoms with Crippen molar-refractivity contribution in [3.8, 4) is 0 Å². The fourth-order valence-electron chi connectivity index (χ4n) is 3.21. The second-order valence-electron chi connectivity index (χ2n) is 8.21. The molecule has 1 aliphatic carbocycles.